The van der Waals surface area contributed by atoms with E-state index in [-0.39, 0.29) is 5.91 Å². The van der Waals surface area contributed by atoms with Crippen LogP contribution >= 0.6 is 0 Å². The summed E-state index contributed by atoms with van der Waals surface area (Å²) in [5.41, 5.74) is 4.84. The normalized spacial score (nSPS) is 10.8. The molecule has 0 saturated carbocycles. The van der Waals surface area contributed by atoms with Crippen molar-refractivity contribution in [3.05, 3.63) is 84.5 Å². The zero-order chi connectivity index (χ0) is 19.5. The number of rotatable bonds is 5. The Kier molecular flexibility index (Phi) is 4.72. The van der Waals surface area contributed by atoms with Gasteiger partial charge in [0.25, 0.3) is 5.91 Å². The van der Waals surface area contributed by atoms with E-state index in [2.05, 4.69) is 20.1 Å². The van der Waals surface area contributed by atoms with Crippen molar-refractivity contribution in [2.45, 2.75) is 13.5 Å². The Morgan fingerprint density at radius 1 is 1.11 bits per heavy atom. The topological polar surface area (TPSA) is 79.7 Å². The number of hydrogen-bond donors (Lipinski definition) is 1. The zero-order valence-electron chi connectivity index (χ0n) is 15.7. The molecule has 140 valence electrons. The second kappa shape index (κ2) is 7.48. The van der Waals surface area contributed by atoms with Crippen LogP contribution in [-0.4, -0.2) is 42.6 Å². The van der Waals surface area contributed by atoms with Crippen molar-refractivity contribution in [1.82, 2.24) is 29.6 Å². The first-order chi connectivity index (χ1) is 13.6. The van der Waals surface area contributed by atoms with Crippen LogP contribution in [0.15, 0.2) is 67.5 Å². The van der Waals surface area contributed by atoms with E-state index in [1.807, 2.05) is 49.6 Å². The molecule has 4 aromatic rings. The molecule has 0 atom stereocenters. The summed E-state index contributed by atoms with van der Waals surface area (Å²) in [6, 6.07) is 9.85. The predicted octanol–water partition coefficient (Wildman–Crippen LogP) is 3.24. The number of aromatic amines is 1. The van der Waals surface area contributed by atoms with E-state index in [4.69, 9.17) is 0 Å². The minimum atomic E-state index is -0.0916. The van der Waals surface area contributed by atoms with E-state index < -0.39 is 0 Å². The summed E-state index contributed by atoms with van der Waals surface area (Å²) in [6.07, 6.45) is 10.6. The zero-order valence-corrected chi connectivity index (χ0v) is 15.7. The maximum absolute atomic E-state index is 13.0. The first kappa shape index (κ1) is 17.7. The lowest BCUT2D eigenvalue weighted by Gasteiger charge is -2.16. The van der Waals surface area contributed by atoms with Crippen LogP contribution in [0.25, 0.3) is 16.8 Å². The van der Waals surface area contributed by atoms with Crippen LogP contribution in [0.5, 0.6) is 0 Å². The fourth-order valence-corrected chi connectivity index (χ4v) is 2.98. The number of amides is 1. The minimum absolute atomic E-state index is 0.0916. The summed E-state index contributed by atoms with van der Waals surface area (Å²) in [4.78, 5) is 26.2. The van der Waals surface area contributed by atoms with E-state index in [1.54, 1.807) is 41.4 Å². The van der Waals surface area contributed by atoms with Crippen LogP contribution in [0.1, 0.15) is 21.7 Å². The Morgan fingerprint density at radius 2 is 1.93 bits per heavy atom. The van der Waals surface area contributed by atoms with Crippen LogP contribution in [0.3, 0.4) is 0 Å². The average molecular weight is 372 g/mol. The van der Waals surface area contributed by atoms with Gasteiger partial charge >= 0.3 is 0 Å². The third-order valence-corrected chi connectivity index (χ3v) is 4.47. The lowest BCUT2D eigenvalue weighted by Crippen LogP contribution is -2.26. The van der Waals surface area contributed by atoms with Crippen molar-refractivity contribution in [2.75, 3.05) is 7.05 Å². The van der Waals surface area contributed by atoms with Crippen molar-refractivity contribution in [2.24, 2.45) is 0 Å². The standard InChI is InChI=1S/C21H20N6O/c1-15-8-24-17(10-23-15)14-26(2)21(28)20-12-22-11-19(20)16-9-25-27(13-16)18-6-4-3-5-7-18/h3-13,22H,14H2,1-2H3. The third-order valence-electron chi connectivity index (χ3n) is 4.47. The first-order valence-electron chi connectivity index (χ1n) is 8.92. The van der Waals surface area contributed by atoms with Gasteiger partial charge in [-0.3, -0.25) is 14.8 Å². The molecule has 0 aliphatic heterocycles. The molecule has 0 saturated heterocycles. The fourth-order valence-electron chi connectivity index (χ4n) is 2.98. The van der Waals surface area contributed by atoms with E-state index in [0.29, 0.717) is 12.1 Å². The van der Waals surface area contributed by atoms with Crippen LogP contribution in [0, 0.1) is 6.92 Å². The highest BCUT2D eigenvalue weighted by atomic mass is 16.2. The SMILES string of the molecule is Cc1cnc(CN(C)C(=O)c2c[nH]cc2-c2cnn(-c3ccccc3)c2)cn1. The summed E-state index contributed by atoms with van der Waals surface area (Å²) in [7, 11) is 1.76. The number of para-hydroxylation sites is 1. The smallest absolute Gasteiger partial charge is 0.256 e. The molecule has 0 bridgehead atoms. The van der Waals surface area contributed by atoms with Crippen molar-refractivity contribution in [1.29, 1.82) is 0 Å². The number of carbonyl (C=O) groups is 1. The number of benzene rings is 1. The summed E-state index contributed by atoms with van der Waals surface area (Å²) in [5.74, 6) is -0.0916. The maximum atomic E-state index is 13.0. The van der Waals surface area contributed by atoms with Gasteiger partial charge < -0.3 is 9.88 Å². The van der Waals surface area contributed by atoms with Crippen molar-refractivity contribution in [3.8, 4) is 16.8 Å². The lowest BCUT2D eigenvalue weighted by molar-refractivity contribution is 0.0784. The Balaban J connectivity index is 1.56. The fraction of sp³-hybridized carbons (Fsp3) is 0.143. The molecular weight excluding hydrogens is 352 g/mol. The quantitative estimate of drug-likeness (QED) is 0.583. The monoisotopic (exact) mass is 372 g/mol. The lowest BCUT2D eigenvalue weighted by atomic mass is 10.1. The maximum Gasteiger partial charge on any atom is 0.256 e. The van der Waals surface area contributed by atoms with Gasteiger partial charge in [-0.15, -0.1) is 0 Å². The van der Waals surface area contributed by atoms with Gasteiger partial charge in [0.2, 0.25) is 0 Å². The largest absolute Gasteiger partial charge is 0.366 e. The van der Waals surface area contributed by atoms with Crippen molar-refractivity contribution >= 4 is 5.91 Å². The van der Waals surface area contributed by atoms with Crippen LogP contribution < -0.4 is 0 Å². The van der Waals surface area contributed by atoms with Crippen LogP contribution in [0.4, 0.5) is 0 Å². The molecule has 1 aromatic carbocycles. The second-order valence-corrected chi connectivity index (χ2v) is 6.60. The molecule has 3 heterocycles. The van der Waals surface area contributed by atoms with Crippen molar-refractivity contribution in [3.63, 3.8) is 0 Å². The molecule has 0 unspecified atom stereocenters. The Bertz CT molecular complexity index is 1080. The Labute approximate surface area is 162 Å². The number of aromatic nitrogens is 5. The molecule has 0 aliphatic rings. The van der Waals surface area contributed by atoms with Gasteiger partial charge in [-0.1, -0.05) is 18.2 Å². The van der Waals surface area contributed by atoms with E-state index in [0.717, 1.165) is 28.2 Å². The Morgan fingerprint density at radius 3 is 2.68 bits per heavy atom. The Hall–Kier alpha value is -3.74. The molecule has 0 aliphatic carbocycles. The number of H-pyrrole nitrogens is 1. The van der Waals surface area contributed by atoms with Crippen LogP contribution in [0.2, 0.25) is 0 Å². The van der Waals surface area contributed by atoms with Gasteiger partial charge in [0.1, 0.15) is 0 Å². The number of nitrogens with zero attached hydrogens (tertiary/aromatic N) is 5. The van der Waals surface area contributed by atoms with Gasteiger partial charge in [-0.05, 0) is 19.1 Å². The highest BCUT2D eigenvalue weighted by molar-refractivity contribution is 6.00. The van der Waals surface area contributed by atoms with Gasteiger partial charge in [0, 0.05) is 43.0 Å². The van der Waals surface area contributed by atoms with Gasteiger partial charge in [-0.25, -0.2) is 4.68 Å². The molecule has 7 nitrogen and oxygen atoms in total. The molecule has 1 amide bonds. The number of hydrogen-bond acceptors (Lipinski definition) is 4. The second-order valence-electron chi connectivity index (χ2n) is 6.60. The van der Waals surface area contributed by atoms with Gasteiger partial charge in [0.15, 0.2) is 0 Å². The summed E-state index contributed by atoms with van der Waals surface area (Å²) < 4.78 is 1.79. The number of aryl methyl sites for hydroxylation is 1. The molecule has 0 fully saturated rings. The summed E-state index contributed by atoms with van der Waals surface area (Å²) >= 11 is 0. The van der Waals surface area contributed by atoms with Crippen molar-refractivity contribution < 1.29 is 4.79 Å². The first-order valence-corrected chi connectivity index (χ1v) is 8.92. The van der Waals surface area contributed by atoms with E-state index in [9.17, 15) is 4.79 Å². The highest BCUT2D eigenvalue weighted by Crippen LogP contribution is 2.25. The number of nitrogens with one attached hydrogen (secondary N) is 1. The number of carbonyl (C=O) groups excluding carboxylic acids is 1. The predicted molar refractivity (Wildman–Crippen MR) is 106 cm³/mol. The molecule has 0 radical (unpaired) electrons. The molecule has 28 heavy (non-hydrogen) atoms. The van der Waals surface area contributed by atoms with E-state index in [1.165, 1.54) is 0 Å². The third kappa shape index (κ3) is 3.55. The summed E-state index contributed by atoms with van der Waals surface area (Å²) in [6.45, 7) is 2.27. The molecule has 4 rings (SSSR count). The highest BCUT2D eigenvalue weighted by Gasteiger charge is 2.19. The molecule has 0 spiro atoms. The van der Waals surface area contributed by atoms with Gasteiger partial charge in [0.05, 0.1) is 41.6 Å². The van der Waals surface area contributed by atoms with E-state index >= 15 is 0 Å². The molecular formula is C21H20N6O. The van der Waals surface area contributed by atoms with Gasteiger partial charge in [-0.2, -0.15) is 5.10 Å². The molecule has 3 aromatic heterocycles. The average Bonchev–Trinajstić information content (AvgIpc) is 3.39. The minimum Gasteiger partial charge on any atom is -0.366 e. The molecule has 7 heteroatoms. The molecule has 1 N–H and O–H groups in total. The van der Waals surface area contributed by atoms with Crippen LogP contribution in [-0.2, 0) is 6.54 Å². The summed E-state index contributed by atoms with van der Waals surface area (Å²) in [5, 5.41) is 4.42.